The summed E-state index contributed by atoms with van der Waals surface area (Å²) in [7, 11) is 0. The summed E-state index contributed by atoms with van der Waals surface area (Å²) in [6, 6.07) is 5.44. The fourth-order valence-corrected chi connectivity index (χ4v) is 1.36. The van der Waals surface area contributed by atoms with Crippen molar-refractivity contribution < 1.29 is 4.79 Å². The second kappa shape index (κ2) is 5.72. The lowest BCUT2D eigenvalue weighted by atomic mass is 10.3. The summed E-state index contributed by atoms with van der Waals surface area (Å²) < 4.78 is 1.61. The summed E-state index contributed by atoms with van der Waals surface area (Å²) in [6.45, 7) is 2.05. The van der Waals surface area contributed by atoms with Gasteiger partial charge in [-0.3, -0.25) is 14.5 Å². The van der Waals surface area contributed by atoms with Crippen LogP contribution < -0.4 is 5.43 Å². The molecule has 0 bridgehead atoms. The minimum atomic E-state index is -0.216. The summed E-state index contributed by atoms with van der Waals surface area (Å²) in [5.74, 6) is -0.216. The lowest BCUT2D eigenvalue weighted by Gasteiger charge is -2.02. The molecule has 0 saturated heterocycles. The molecule has 0 aliphatic rings. The van der Waals surface area contributed by atoms with Gasteiger partial charge in [-0.25, -0.2) is 5.43 Å². The van der Waals surface area contributed by atoms with E-state index < -0.39 is 0 Å². The van der Waals surface area contributed by atoms with E-state index in [0.717, 1.165) is 11.3 Å². The molecule has 2 heterocycles. The van der Waals surface area contributed by atoms with Crippen molar-refractivity contribution in [3.05, 3.63) is 48.0 Å². The maximum atomic E-state index is 11.6. The van der Waals surface area contributed by atoms with Gasteiger partial charge in [0.15, 0.2) is 0 Å². The van der Waals surface area contributed by atoms with Crippen molar-refractivity contribution in [2.24, 2.45) is 5.10 Å². The van der Waals surface area contributed by atoms with E-state index in [2.05, 4.69) is 20.6 Å². The molecule has 0 fully saturated rings. The van der Waals surface area contributed by atoms with Crippen molar-refractivity contribution >= 4 is 12.1 Å². The zero-order chi connectivity index (χ0) is 12.8. The van der Waals surface area contributed by atoms with Crippen molar-refractivity contribution in [3.63, 3.8) is 0 Å². The highest BCUT2D eigenvalue weighted by Gasteiger charge is 2.03. The molecular weight excluding hydrogens is 230 g/mol. The number of carbonyl (C=O) groups is 1. The Balaban J connectivity index is 1.86. The average molecular weight is 243 g/mol. The minimum Gasteiger partial charge on any atom is -0.271 e. The van der Waals surface area contributed by atoms with Crippen LogP contribution in [0.25, 0.3) is 0 Å². The quantitative estimate of drug-likeness (QED) is 0.635. The van der Waals surface area contributed by atoms with Gasteiger partial charge in [-0.1, -0.05) is 0 Å². The predicted octanol–water partition coefficient (Wildman–Crippen LogP) is 0.737. The monoisotopic (exact) mass is 243 g/mol. The van der Waals surface area contributed by atoms with Gasteiger partial charge in [0.2, 0.25) is 0 Å². The number of hydrazone groups is 1. The fourth-order valence-electron chi connectivity index (χ4n) is 1.36. The Morgan fingerprint density at radius 3 is 2.83 bits per heavy atom. The fraction of sp³-hybridized carbons (Fsp3) is 0.167. The molecule has 2 aromatic rings. The highest BCUT2D eigenvalue weighted by molar-refractivity contribution is 5.82. The van der Waals surface area contributed by atoms with Gasteiger partial charge in [-0.05, 0) is 30.7 Å². The van der Waals surface area contributed by atoms with Crippen LogP contribution in [0.15, 0.2) is 41.9 Å². The summed E-state index contributed by atoms with van der Waals surface area (Å²) in [5, 5.41) is 7.88. The molecule has 0 aliphatic heterocycles. The number of rotatable bonds is 4. The van der Waals surface area contributed by atoms with E-state index in [9.17, 15) is 4.79 Å². The number of nitrogens with one attached hydrogen (secondary N) is 1. The Morgan fingerprint density at radius 1 is 1.39 bits per heavy atom. The summed E-state index contributed by atoms with van der Waals surface area (Å²) in [4.78, 5) is 15.4. The molecule has 2 aromatic heterocycles. The van der Waals surface area contributed by atoms with Crippen LogP contribution in [0.3, 0.4) is 0 Å². The van der Waals surface area contributed by atoms with E-state index in [1.54, 1.807) is 41.6 Å². The summed E-state index contributed by atoms with van der Waals surface area (Å²) in [6.07, 6.45) is 6.55. The summed E-state index contributed by atoms with van der Waals surface area (Å²) >= 11 is 0. The molecule has 0 radical (unpaired) electrons. The van der Waals surface area contributed by atoms with Gasteiger partial charge in [0.05, 0.1) is 6.21 Å². The van der Waals surface area contributed by atoms with E-state index in [1.165, 1.54) is 0 Å². The molecule has 2 rings (SSSR count). The van der Waals surface area contributed by atoms with Crippen LogP contribution in [0.1, 0.15) is 11.3 Å². The molecule has 0 saturated carbocycles. The van der Waals surface area contributed by atoms with Crippen LogP contribution in [0.5, 0.6) is 0 Å². The number of amides is 1. The van der Waals surface area contributed by atoms with Gasteiger partial charge in [0.1, 0.15) is 6.54 Å². The predicted molar refractivity (Wildman–Crippen MR) is 66.9 cm³/mol. The first-order valence-electron chi connectivity index (χ1n) is 5.46. The maximum absolute atomic E-state index is 11.6. The van der Waals surface area contributed by atoms with E-state index >= 15 is 0 Å². The smallest absolute Gasteiger partial charge is 0.261 e. The number of hydrogen-bond acceptors (Lipinski definition) is 4. The SMILES string of the molecule is Cc1ccnn1CC(=O)N/N=C/c1ccncc1. The second-order valence-corrected chi connectivity index (χ2v) is 3.70. The molecular formula is C12H13N5O. The lowest BCUT2D eigenvalue weighted by Crippen LogP contribution is -2.24. The molecule has 0 aromatic carbocycles. The van der Waals surface area contributed by atoms with Gasteiger partial charge in [-0.2, -0.15) is 10.2 Å². The Kier molecular flexibility index (Phi) is 3.80. The molecule has 0 unspecified atom stereocenters. The molecule has 92 valence electrons. The molecule has 6 heteroatoms. The normalized spacial score (nSPS) is 10.7. The van der Waals surface area contributed by atoms with Gasteiger partial charge >= 0.3 is 0 Å². The number of aryl methyl sites for hydroxylation is 1. The topological polar surface area (TPSA) is 72.2 Å². The van der Waals surface area contributed by atoms with Crippen LogP contribution in [0.2, 0.25) is 0 Å². The van der Waals surface area contributed by atoms with Gasteiger partial charge in [0.25, 0.3) is 5.91 Å². The molecule has 0 atom stereocenters. The number of carbonyl (C=O) groups excluding carboxylic acids is 1. The van der Waals surface area contributed by atoms with E-state index in [4.69, 9.17) is 0 Å². The van der Waals surface area contributed by atoms with Crippen LogP contribution in [0, 0.1) is 6.92 Å². The minimum absolute atomic E-state index is 0.159. The molecule has 1 N–H and O–H groups in total. The first kappa shape index (κ1) is 12.0. The first-order chi connectivity index (χ1) is 8.75. The third kappa shape index (κ3) is 3.24. The van der Waals surface area contributed by atoms with E-state index in [-0.39, 0.29) is 12.5 Å². The molecule has 18 heavy (non-hydrogen) atoms. The number of pyridine rings is 1. The number of nitrogens with zero attached hydrogens (tertiary/aromatic N) is 4. The van der Waals surface area contributed by atoms with Crippen molar-refractivity contribution in [1.29, 1.82) is 0 Å². The number of hydrogen-bond donors (Lipinski definition) is 1. The lowest BCUT2D eigenvalue weighted by molar-refractivity contribution is -0.121. The van der Waals surface area contributed by atoms with Crippen LogP contribution in [0.4, 0.5) is 0 Å². The van der Waals surface area contributed by atoms with Crippen LogP contribution >= 0.6 is 0 Å². The Morgan fingerprint density at radius 2 is 2.17 bits per heavy atom. The van der Waals surface area contributed by atoms with Gasteiger partial charge in [0, 0.05) is 24.3 Å². The molecule has 6 nitrogen and oxygen atoms in total. The van der Waals surface area contributed by atoms with Crippen LogP contribution in [-0.2, 0) is 11.3 Å². The van der Waals surface area contributed by atoms with E-state index in [0.29, 0.717) is 0 Å². The molecule has 0 spiro atoms. The number of aromatic nitrogens is 3. The van der Waals surface area contributed by atoms with Crippen molar-refractivity contribution in [1.82, 2.24) is 20.2 Å². The molecule has 0 aliphatic carbocycles. The zero-order valence-electron chi connectivity index (χ0n) is 9.95. The maximum Gasteiger partial charge on any atom is 0.261 e. The van der Waals surface area contributed by atoms with Crippen molar-refractivity contribution in [3.8, 4) is 0 Å². The van der Waals surface area contributed by atoms with E-state index in [1.807, 2.05) is 13.0 Å². The highest BCUT2D eigenvalue weighted by atomic mass is 16.2. The van der Waals surface area contributed by atoms with Crippen LogP contribution in [-0.4, -0.2) is 26.9 Å². The third-order valence-electron chi connectivity index (χ3n) is 2.33. The highest BCUT2D eigenvalue weighted by Crippen LogP contribution is 1.95. The molecule has 1 amide bonds. The standard InChI is InChI=1S/C12H13N5O/c1-10-2-7-15-17(10)9-12(18)16-14-8-11-3-5-13-6-4-11/h2-8H,9H2,1H3,(H,16,18)/b14-8+. The zero-order valence-corrected chi connectivity index (χ0v) is 9.95. The Bertz CT molecular complexity index is 547. The second-order valence-electron chi connectivity index (χ2n) is 3.70. The largest absolute Gasteiger partial charge is 0.271 e. The van der Waals surface area contributed by atoms with Gasteiger partial charge < -0.3 is 0 Å². The first-order valence-corrected chi connectivity index (χ1v) is 5.46. The van der Waals surface area contributed by atoms with Gasteiger partial charge in [-0.15, -0.1) is 0 Å². The third-order valence-corrected chi connectivity index (χ3v) is 2.33. The average Bonchev–Trinajstić information content (AvgIpc) is 2.76. The van der Waals surface area contributed by atoms with Crippen molar-refractivity contribution in [2.45, 2.75) is 13.5 Å². The Labute approximate surface area is 104 Å². The summed E-state index contributed by atoms with van der Waals surface area (Å²) in [5.41, 5.74) is 4.26. The Hall–Kier alpha value is -2.50. The van der Waals surface area contributed by atoms with Crippen molar-refractivity contribution in [2.75, 3.05) is 0 Å².